The topological polar surface area (TPSA) is 92.4 Å². The lowest BCUT2D eigenvalue weighted by Crippen LogP contribution is -2.39. The van der Waals surface area contributed by atoms with Crippen molar-refractivity contribution < 1.29 is 19.2 Å². The van der Waals surface area contributed by atoms with Gasteiger partial charge in [0.1, 0.15) is 0 Å². The molecule has 0 aliphatic heterocycles. The molecule has 1 aromatic carbocycles. The molecule has 0 radical (unpaired) electrons. The smallest absolute Gasteiger partial charge is 0.310 e. The van der Waals surface area contributed by atoms with Gasteiger partial charge in [-0.1, -0.05) is 28.9 Å². The monoisotopic (exact) mass is 322 g/mol. The third-order valence-electron chi connectivity index (χ3n) is 3.15. The molecule has 116 valence electrons. The van der Waals surface area contributed by atoms with E-state index in [1.807, 2.05) is 0 Å². The SMILES string of the molecule is CC(C)(CNC(=O)c1cc(-c2ccccc2Cl)on1)C(=O)O. The van der Waals surface area contributed by atoms with Gasteiger partial charge in [-0.05, 0) is 26.0 Å². The lowest BCUT2D eigenvalue weighted by Gasteiger charge is -2.18. The van der Waals surface area contributed by atoms with E-state index >= 15 is 0 Å². The second-order valence-electron chi connectivity index (χ2n) is 5.43. The van der Waals surface area contributed by atoms with Crippen LogP contribution in [0.2, 0.25) is 5.02 Å². The second kappa shape index (κ2) is 6.19. The van der Waals surface area contributed by atoms with Crippen LogP contribution in [0, 0.1) is 5.41 Å². The number of benzene rings is 1. The van der Waals surface area contributed by atoms with Crippen molar-refractivity contribution in [1.29, 1.82) is 0 Å². The first-order chi connectivity index (χ1) is 10.3. The van der Waals surface area contributed by atoms with Gasteiger partial charge in [-0.2, -0.15) is 0 Å². The fourth-order valence-corrected chi connectivity index (χ4v) is 1.87. The molecule has 0 bridgehead atoms. The van der Waals surface area contributed by atoms with E-state index < -0.39 is 17.3 Å². The van der Waals surface area contributed by atoms with E-state index in [2.05, 4.69) is 10.5 Å². The van der Waals surface area contributed by atoms with Crippen LogP contribution >= 0.6 is 11.6 Å². The molecule has 0 fully saturated rings. The number of nitrogens with zero attached hydrogens (tertiary/aromatic N) is 1. The summed E-state index contributed by atoms with van der Waals surface area (Å²) in [4.78, 5) is 23.0. The Morgan fingerprint density at radius 3 is 2.68 bits per heavy atom. The van der Waals surface area contributed by atoms with Crippen molar-refractivity contribution in [3.63, 3.8) is 0 Å². The maximum Gasteiger partial charge on any atom is 0.310 e. The normalized spacial score (nSPS) is 11.2. The molecule has 22 heavy (non-hydrogen) atoms. The molecule has 2 N–H and O–H groups in total. The molecule has 2 rings (SSSR count). The van der Waals surface area contributed by atoms with Gasteiger partial charge in [-0.3, -0.25) is 9.59 Å². The van der Waals surface area contributed by atoms with E-state index in [1.54, 1.807) is 24.3 Å². The van der Waals surface area contributed by atoms with Crippen molar-refractivity contribution in [3.8, 4) is 11.3 Å². The van der Waals surface area contributed by atoms with Gasteiger partial charge in [-0.15, -0.1) is 0 Å². The molecule has 1 amide bonds. The number of aromatic nitrogens is 1. The van der Waals surface area contributed by atoms with Crippen molar-refractivity contribution in [1.82, 2.24) is 10.5 Å². The molecule has 0 aliphatic rings. The first kappa shape index (κ1) is 16.0. The van der Waals surface area contributed by atoms with E-state index in [9.17, 15) is 9.59 Å². The van der Waals surface area contributed by atoms with E-state index in [1.165, 1.54) is 19.9 Å². The van der Waals surface area contributed by atoms with Crippen LogP contribution in [-0.2, 0) is 4.79 Å². The molecule has 7 heteroatoms. The third kappa shape index (κ3) is 3.46. The minimum Gasteiger partial charge on any atom is -0.481 e. The molecule has 0 atom stereocenters. The Bertz CT molecular complexity index is 709. The summed E-state index contributed by atoms with van der Waals surface area (Å²) in [6.07, 6.45) is 0. The summed E-state index contributed by atoms with van der Waals surface area (Å²) < 4.78 is 5.12. The molecular formula is C15H15ClN2O4. The summed E-state index contributed by atoms with van der Waals surface area (Å²) in [6.45, 7) is 3.02. The third-order valence-corrected chi connectivity index (χ3v) is 3.48. The number of halogens is 1. The average molecular weight is 323 g/mol. The molecule has 0 spiro atoms. The minimum absolute atomic E-state index is 0.0184. The summed E-state index contributed by atoms with van der Waals surface area (Å²) in [5.74, 6) is -1.13. The summed E-state index contributed by atoms with van der Waals surface area (Å²) in [7, 11) is 0. The molecule has 0 saturated carbocycles. The highest BCUT2D eigenvalue weighted by Crippen LogP contribution is 2.27. The number of rotatable bonds is 5. The zero-order valence-corrected chi connectivity index (χ0v) is 12.8. The quantitative estimate of drug-likeness (QED) is 0.883. The number of amides is 1. The minimum atomic E-state index is -1.06. The molecule has 1 aromatic heterocycles. The van der Waals surface area contributed by atoms with Gasteiger partial charge in [-0.25, -0.2) is 0 Å². The Kier molecular flexibility index (Phi) is 4.51. The largest absolute Gasteiger partial charge is 0.481 e. The number of hydrogen-bond donors (Lipinski definition) is 2. The van der Waals surface area contributed by atoms with Crippen LogP contribution in [-0.4, -0.2) is 28.7 Å². The Morgan fingerprint density at radius 1 is 1.36 bits per heavy atom. The second-order valence-corrected chi connectivity index (χ2v) is 5.84. The molecule has 1 heterocycles. The van der Waals surface area contributed by atoms with Gasteiger partial charge in [0.05, 0.1) is 10.4 Å². The Balaban J connectivity index is 2.10. The van der Waals surface area contributed by atoms with Crippen LogP contribution in [0.3, 0.4) is 0 Å². The van der Waals surface area contributed by atoms with Gasteiger partial charge in [0.25, 0.3) is 5.91 Å². The van der Waals surface area contributed by atoms with Crippen molar-refractivity contribution in [2.45, 2.75) is 13.8 Å². The van der Waals surface area contributed by atoms with Crippen molar-refractivity contribution in [2.75, 3.05) is 6.54 Å². The van der Waals surface area contributed by atoms with Gasteiger partial charge in [0.15, 0.2) is 11.5 Å². The Morgan fingerprint density at radius 2 is 2.05 bits per heavy atom. The number of carbonyl (C=O) groups excluding carboxylic acids is 1. The lowest BCUT2D eigenvalue weighted by atomic mass is 9.94. The molecule has 0 aliphatic carbocycles. The van der Waals surface area contributed by atoms with Crippen LogP contribution in [0.1, 0.15) is 24.3 Å². The first-order valence-corrected chi connectivity index (χ1v) is 6.92. The van der Waals surface area contributed by atoms with Crippen LogP contribution in [0.5, 0.6) is 0 Å². The zero-order valence-electron chi connectivity index (χ0n) is 12.1. The van der Waals surface area contributed by atoms with Crippen molar-refractivity contribution in [2.24, 2.45) is 5.41 Å². The number of nitrogens with one attached hydrogen (secondary N) is 1. The highest BCUT2D eigenvalue weighted by atomic mass is 35.5. The van der Waals surface area contributed by atoms with Gasteiger partial charge in [0, 0.05) is 18.2 Å². The summed E-state index contributed by atoms with van der Waals surface area (Å²) >= 11 is 6.05. The van der Waals surface area contributed by atoms with Crippen LogP contribution in [0.25, 0.3) is 11.3 Å². The molecule has 0 unspecified atom stereocenters. The number of hydrogen-bond acceptors (Lipinski definition) is 4. The first-order valence-electron chi connectivity index (χ1n) is 6.54. The average Bonchev–Trinajstić information content (AvgIpc) is 2.95. The predicted octanol–water partition coefficient (Wildman–Crippen LogP) is 2.84. The van der Waals surface area contributed by atoms with E-state index in [-0.39, 0.29) is 12.2 Å². The number of carbonyl (C=O) groups is 2. The number of aliphatic carboxylic acids is 1. The van der Waals surface area contributed by atoms with Crippen LogP contribution < -0.4 is 5.32 Å². The molecule has 6 nitrogen and oxygen atoms in total. The summed E-state index contributed by atoms with van der Waals surface area (Å²) in [6, 6.07) is 8.49. The highest BCUT2D eigenvalue weighted by molar-refractivity contribution is 6.33. The maximum absolute atomic E-state index is 12.0. The van der Waals surface area contributed by atoms with Gasteiger partial charge < -0.3 is 14.9 Å². The lowest BCUT2D eigenvalue weighted by molar-refractivity contribution is -0.146. The Hall–Kier alpha value is -2.34. The fraction of sp³-hybridized carbons (Fsp3) is 0.267. The predicted molar refractivity (Wildman–Crippen MR) is 80.7 cm³/mol. The number of carboxylic acids is 1. The standard InChI is InChI=1S/C15H15ClN2O4/c1-15(2,14(20)21)8-17-13(19)11-7-12(22-18-11)9-5-3-4-6-10(9)16/h3-7H,8H2,1-2H3,(H,17,19)(H,20,21). The zero-order chi connectivity index (χ0) is 16.3. The van der Waals surface area contributed by atoms with E-state index in [4.69, 9.17) is 21.2 Å². The molecule has 2 aromatic rings. The van der Waals surface area contributed by atoms with Gasteiger partial charge >= 0.3 is 5.97 Å². The van der Waals surface area contributed by atoms with E-state index in [0.717, 1.165) is 0 Å². The van der Waals surface area contributed by atoms with Crippen molar-refractivity contribution >= 4 is 23.5 Å². The van der Waals surface area contributed by atoms with Crippen LogP contribution in [0.4, 0.5) is 0 Å². The van der Waals surface area contributed by atoms with E-state index in [0.29, 0.717) is 16.3 Å². The fourth-order valence-electron chi connectivity index (χ4n) is 1.64. The summed E-state index contributed by atoms with van der Waals surface area (Å²) in [5, 5.41) is 15.7. The van der Waals surface area contributed by atoms with Gasteiger partial charge in [0.2, 0.25) is 0 Å². The van der Waals surface area contributed by atoms with Crippen LogP contribution in [0.15, 0.2) is 34.9 Å². The Labute approximate surface area is 132 Å². The maximum atomic E-state index is 12.0. The molecule has 0 saturated heterocycles. The summed E-state index contributed by atoms with van der Waals surface area (Å²) in [5.41, 5.74) is -0.372. The highest BCUT2D eigenvalue weighted by Gasteiger charge is 2.28. The number of carboxylic acid groups (broad SMARTS) is 1. The molecular weight excluding hydrogens is 308 g/mol. The van der Waals surface area contributed by atoms with Crippen molar-refractivity contribution in [3.05, 3.63) is 41.0 Å².